The Morgan fingerprint density at radius 3 is 1.55 bits per heavy atom. The van der Waals surface area contributed by atoms with Crippen LogP contribution in [0.2, 0.25) is 0 Å². The van der Waals surface area contributed by atoms with Gasteiger partial charge in [0.25, 0.3) is 0 Å². The molecule has 0 spiro atoms. The third-order valence-electron chi connectivity index (χ3n) is 13.9. The zero-order chi connectivity index (χ0) is 46.8. The molecule has 0 unspecified atom stereocenters. The molecule has 5 nitrogen and oxygen atoms in total. The van der Waals surface area contributed by atoms with Gasteiger partial charge in [0, 0.05) is 66.3 Å². The summed E-state index contributed by atoms with van der Waals surface area (Å²) in [6.45, 7) is 0. The number of hydrogen-bond acceptors (Lipinski definition) is 4. The second kappa shape index (κ2) is 16.6. The quantitative estimate of drug-likeness (QED) is 0.145. The Balaban J connectivity index is 0.893. The molecular weight excluding hydrogens is 867 g/mol. The molecule has 11 aromatic carbocycles. The highest BCUT2D eigenvalue weighted by molar-refractivity contribution is 6.13. The summed E-state index contributed by atoms with van der Waals surface area (Å²) in [6, 6.07) is 92.7. The van der Waals surface area contributed by atoms with Crippen molar-refractivity contribution < 1.29 is 8.83 Å². The Hall–Kier alpha value is -9.58. The first-order valence-electron chi connectivity index (χ1n) is 24.1. The Morgan fingerprint density at radius 2 is 0.789 bits per heavy atom. The first kappa shape index (κ1) is 40.5. The Bertz CT molecular complexity index is 4300. The molecule has 14 rings (SSSR count). The van der Waals surface area contributed by atoms with Gasteiger partial charge >= 0.3 is 0 Å². The molecule has 0 amide bonds. The lowest BCUT2D eigenvalue weighted by molar-refractivity contribution is 0.668. The molecule has 0 aliphatic rings. The molecule has 0 fully saturated rings. The van der Waals surface area contributed by atoms with Crippen molar-refractivity contribution in [1.82, 2.24) is 4.57 Å². The summed E-state index contributed by atoms with van der Waals surface area (Å²) >= 11 is 0. The van der Waals surface area contributed by atoms with Crippen molar-refractivity contribution in [1.29, 1.82) is 0 Å². The van der Waals surface area contributed by atoms with Gasteiger partial charge in [-0.15, -0.1) is 0 Å². The summed E-state index contributed by atoms with van der Waals surface area (Å²) in [5, 5.41) is 6.80. The number of rotatable bonds is 9. The summed E-state index contributed by atoms with van der Waals surface area (Å²) in [7, 11) is 0. The van der Waals surface area contributed by atoms with Gasteiger partial charge in [0.1, 0.15) is 16.7 Å². The number of nitrogens with zero attached hydrogens (tertiary/aromatic N) is 3. The van der Waals surface area contributed by atoms with Gasteiger partial charge < -0.3 is 23.2 Å². The van der Waals surface area contributed by atoms with Gasteiger partial charge in [0.15, 0.2) is 5.58 Å². The summed E-state index contributed by atoms with van der Waals surface area (Å²) in [4.78, 5) is 4.67. The highest BCUT2D eigenvalue weighted by atomic mass is 16.3. The van der Waals surface area contributed by atoms with Crippen LogP contribution in [0, 0.1) is 0 Å². The standard InChI is InChI=1S/C66H43N3O2/c1-4-18-47(19-5-1)67(50-24-16-25-51(43-50)68(48-20-6-2-7-21-48)61-32-17-29-56-55-28-12-15-33-63(55)71-66(56)61)59-30-13-10-26-52(59)46-36-39-65-58(41-46)57-40-44(35-38-64(57)70-65)45-34-37-54-53-27-11-14-31-60(53)69(62(54)42-45)49-22-8-3-9-23-49/h1-43H. The molecule has 3 heterocycles. The minimum absolute atomic E-state index is 0.843. The second-order valence-electron chi connectivity index (χ2n) is 18.1. The molecule has 71 heavy (non-hydrogen) atoms. The number of benzene rings is 11. The summed E-state index contributed by atoms with van der Waals surface area (Å²) in [6.07, 6.45) is 0. The predicted molar refractivity (Wildman–Crippen MR) is 296 cm³/mol. The fourth-order valence-electron chi connectivity index (χ4n) is 10.7. The molecule has 0 radical (unpaired) electrons. The Labute approximate surface area is 409 Å². The molecule has 0 saturated heterocycles. The highest BCUT2D eigenvalue weighted by Gasteiger charge is 2.23. The van der Waals surface area contributed by atoms with Crippen molar-refractivity contribution in [3.05, 3.63) is 261 Å². The molecule has 3 aromatic heterocycles. The third kappa shape index (κ3) is 6.78. The first-order valence-corrected chi connectivity index (χ1v) is 24.1. The Morgan fingerprint density at radius 1 is 0.282 bits per heavy atom. The first-order chi connectivity index (χ1) is 35.2. The van der Waals surface area contributed by atoms with Crippen molar-refractivity contribution in [3.63, 3.8) is 0 Å². The van der Waals surface area contributed by atoms with Gasteiger partial charge in [-0.3, -0.25) is 0 Å². The highest BCUT2D eigenvalue weighted by Crippen LogP contribution is 2.47. The van der Waals surface area contributed by atoms with Crippen LogP contribution in [0.25, 0.3) is 93.6 Å². The number of hydrogen-bond donors (Lipinski definition) is 0. The van der Waals surface area contributed by atoms with E-state index in [1.165, 1.54) is 21.8 Å². The maximum atomic E-state index is 6.65. The molecule has 0 aliphatic heterocycles. The number of anilines is 6. The van der Waals surface area contributed by atoms with E-state index in [0.717, 1.165) is 106 Å². The van der Waals surface area contributed by atoms with Crippen molar-refractivity contribution >= 4 is 99.8 Å². The van der Waals surface area contributed by atoms with Crippen LogP contribution < -0.4 is 9.80 Å². The van der Waals surface area contributed by atoms with Gasteiger partial charge in [-0.2, -0.15) is 0 Å². The van der Waals surface area contributed by atoms with E-state index in [1.54, 1.807) is 0 Å². The molecule has 5 heteroatoms. The van der Waals surface area contributed by atoms with E-state index in [9.17, 15) is 0 Å². The van der Waals surface area contributed by atoms with E-state index >= 15 is 0 Å². The lowest BCUT2D eigenvalue weighted by atomic mass is 9.98. The molecule has 334 valence electrons. The van der Waals surface area contributed by atoms with E-state index in [0.29, 0.717) is 0 Å². The van der Waals surface area contributed by atoms with Gasteiger partial charge in [-0.1, -0.05) is 152 Å². The minimum Gasteiger partial charge on any atom is -0.456 e. The summed E-state index contributed by atoms with van der Waals surface area (Å²) in [5.74, 6) is 0. The van der Waals surface area contributed by atoms with Gasteiger partial charge in [0.2, 0.25) is 0 Å². The van der Waals surface area contributed by atoms with Crippen LogP contribution in [0.5, 0.6) is 0 Å². The van der Waals surface area contributed by atoms with Crippen LogP contribution in [-0.2, 0) is 0 Å². The number of aromatic nitrogens is 1. The minimum atomic E-state index is 0.843. The average molecular weight is 910 g/mol. The van der Waals surface area contributed by atoms with E-state index in [4.69, 9.17) is 8.83 Å². The van der Waals surface area contributed by atoms with Crippen LogP contribution in [0.15, 0.2) is 270 Å². The largest absolute Gasteiger partial charge is 0.456 e. The van der Waals surface area contributed by atoms with Gasteiger partial charge in [0.05, 0.1) is 22.4 Å². The third-order valence-corrected chi connectivity index (χ3v) is 13.9. The van der Waals surface area contributed by atoms with Crippen molar-refractivity contribution in [3.8, 4) is 27.9 Å². The average Bonchev–Trinajstić information content (AvgIpc) is 4.12. The van der Waals surface area contributed by atoms with E-state index in [1.807, 2.05) is 12.1 Å². The summed E-state index contributed by atoms with van der Waals surface area (Å²) in [5.41, 5.74) is 17.5. The van der Waals surface area contributed by atoms with Crippen molar-refractivity contribution in [2.24, 2.45) is 0 Å². The van der Waals surface area contributed by atoms with Crippen LogP contribution >= 0.6 is 0 Å². The monoisotopic (exact) mass is 909 g/mol. The van der Waals surface area contributed by atoms with Crippen molar-refractivity contribution in [2.75, 3.05) is 9.80 Å². The summed E-state index contributed by atoms with van der Waals surface area (Å²) < 4.78 is 15.6. The van der Waals surface area contributed by atoms with Crippen LogP contribution in [0.1, 0.15) is 0 Å². The van der Waals surface area contributed by atoms with E-state index < -0.39 is 0 Å². The SMILES string of the molecule is c1ccc(N(c2cccc(N(c3ccccc3)c3cccc4c3oc3ccccc34)c2)c2ccccc2-c2ccc3oc4ccc(-c5ccc6c7ccccc7n(-c7ccccc7)c6c5)cc4c3c2)cc1. The normalized spacial score (nSPS) is 11.7. The molecule has 0 bridgehead atoms. The molecule has 0 saturated carbocycles. The number of fused-ring (bicyclic) bond motifs is 9. The van der Waals surface area contributed by atoms with Crippen LogP contribution in [-0.4, -0.2) is 4.57 Å². The molecule has 14 aromatic rings. The lowest BCUT2D eigenvalue weighted by Crippen LogP contribution is -2.14. The topological polar surface area (TPSA) is 37.7 Å². The molecule has 0 N–H and O–H groups in total. The second-order valence-corrected chi connectivity index (χ2v) is 18.1. The zero-order valence-electron chi connectivity index (χ0n) is 38.5. The van der Waals surface area contributed by atoms with E-state index in [2.05, 4.69) is 263 Å². The predicted octanol–water partition coefficient (Wildman–Crippen LogP) is 18.9. The Kier molecular flexibility index (Phi) is 9.46. The number of para-hydroxylation sites is 7. The van der Waals surface area contributed by atoms with E-state index in [-0.39, 0.29) is 0 Å². The molecular formula is C66H43N3O2. The number of furan rings is 2. The van der Waals surface area contributed by atoms with Gasteiger partial charge in [-0.25, -0.2) is 0 Å². The van der Waals surface area contributed by atoms with Gasteiger partial charge in [-0.05, 0) is 126 Å². The zero-order valence-corrected chi connectivity index (χ0v) is 38.5. The van der Waals surface area contributed by atoms with Crippen LogP contribution in [0.3, 0.4) is 0 Å². The maximum Gasteiger partial charge on any atom is 0.159 e. The lowest BCUT2D eigenvalue weighted by Gasteiger charge is -2.30. The fraction of sp³-hybridized carbons (Fsp3) is 0. The molecule has 0 atom stereocenters. The van der Waals surface area contributed by atoms with Crippen LogP contribution in [0.4, 0.5) is 34.1 Å². The van der Waals surface area contributed by atoms with Crippen molar-refractivity contribution in [2.45, 2.75) is 0 Å². The smallest absolute Gasteiger partial charge is 0.159 e. The fourth-order valence-corrected chi connectivity index (χ4v) is 10.7. The molecule has 0 aliphatic carbocycles. The maximum absolute atomic E-state index is 6.65.